The third-order valence-electron chi connectivity index (χ3n) is 4.46. The summed E-state index contributed by atoms with van der Waals surface area (Å²) in [6.07, 6.45) is -2.43. The van der Waals surface area contributed by atoms with Gasteiger partial charge in [0.15, 0.2) is 5.69 Å². The molecule has 1 aliphatic rings. The Hall–Kier alpha value is -1.57. The SMILES string of the molecule is CC1CC(C)CN(CCNC(=O)c2cnn(C(C)C)c2C(F)(F)F)C1. The molecule has 1 aromatic heterocycles. The maximum absolute atomic E-state index is 13.3. The summed E-state index contributed by atoms with van der Waals surface area (Å²) in [5.41, 5.74) is -1.40. The van der Waals surface area contributed by atoms with Crippen molar-refractivity contribution in [2.75, 3.05) is 26.2 Å². The second-order valence-electron chi connectivity index (χ2n) is 7.40. The van der Waals surface area contributed by atoms with Gasteiger partial charge in [-0.25, -0.2) is 0 Å². The van der Waals surface area contributed by atoms with E-state index < -0.39 is 29.4 Å². The van der Waals surface area contributed by atoms with Gasteiger partial charge in [-0.15, -0.1) is 0 Å². The zero-order chi connectivity index (χ0) is 18.8. The molecule has 0 aliphatic carbocycles. The van der Waals surface area contributed by atoms with E-state index in [1.165, 1.54) is 6.42 Å². The second kappa shape index (κ2) is 7.76. The molecule has 1 aromatic rings. The number of carbonyl (C=O) groups is 1. The maximum atomic E-state index is 13.3. The molecule has 5 nitrogen and oxygen atoms in total. The van der Waals surface area contributed by atoms with Gasteiger partial charge in [-0.1, -0.05) is 13.8 Å². The van der Waals surface area contributed by atoms with Gasteiger partial charge in [-0.3, -0.25) is 9.48 Å². The molecule has 1 amide bonds. The van der Waals surface area contributed by atoms with Crippen LogP contribution < -0.4 is 5.32 Å². The molecule has 0 saturated carbocycles. The lowest BCUT2D eigenvalue weighted by Gasteiger charge is -2.34. The summed E-state index contributed by atoms with van der Waals surface area (Å²) >= 11 is 0. The van der Waals surface area contributed by atoms with Gasteiger partial charge in [0.2, 0.25) is 0 Å². The van der Waals surface area contributed by atoms with E-state index in [0.717, 1.165) is 24.0 Å². The first-order chi connectivity index (χ1) is 11.6. The molecule has 0 radical (unpaired) electrons. The molecule has 1 N–H and O–H groups in total. The fourth-order valence-corrected chi connectivity index (χ4v) is 3.60. The van der Waals surface area contributed by atoms with E-state index in [2.05, 4.69) is 29.2 Å². The summed E-state index contributed by atoms with van der Waals surface area (Å²) in [6.45, 7) is 10.5. The smallest absolute Gasteiger partial charge is 0.351 e. The van der Waals surface area contributed by atoms with Crippen LogP contribution in [0.3, 0.4) is 0 Å². The van der Waals surface area contributed by atoms with E-state index in [0.29, 0.717) is 24.9 Å². The molecule has 1 fully saturated rings. The van der Waals surface area contributed by atoms with Crippen LogP contribution in [0.4, 0.5) is 13.2 Å². The first-order valence-electron chi connectivity index (χ1n) is 8.74. The summed E-state index contributed by atoms with van der Waals surface area (Å²) in [7, 11) is 0. The molecule has 1 aliphatic heterocycles. The third kappa shape index (κ3) is 4.96. The highest BCUT2D eigenvalue weighted by atomic mass is 19.4. The Morgan fingerprint density at radius 2 is 1.92 bits per heavy atom. The number of hydrogen-bond acceptors (Lipinski definition) is 3. The Morgan fingerprint density at radius 1 is 1.32 bits per heavy atom. The van der Waals surface area contributed by atoms with Crippen LogP contribution in [-0.2, 0) is 6.18 Å². The molecule has 0 aromatic carbocycles. The van der Waals surface area contributed by atoms with Gasteiger partial charge in [0, 0.05) is 32.2 Å². The number of halogens is 3. The average molecular weight is 360 g/mol. The fourth-order valence-electron chi connectivity index (χ4n) is 3.60. The number of amides is 1. The van der Waals surface area contributed by atoms with Gasteiger partial charge in [0.05, 0.1) is 11.8 Å². The number of rotatable bonds is 5. The minimum Gasteiger partial charge on any atom is -0.351 e. The topological polar surface area (TPSA) is 50.2 Å². The van der Waals surface area contributed by atoms with Crippen LogP contribution in [0.1, 0.15) is 56.2 Å². The number of alkyl halides is 3. The van der Waals surface area contributed by atoms with Gasteiger partial charge >= 0.3 is 6.18 Å². The highest BCUT2D eigenvalue weighted by molar-refractivity contribution is 5.95. The number of carbonyl (C=O) groups excluding carboxylic acids is 1. The molecule has 2 heterocycles. The van der Waals surface area contributed by atoms with E-state index in [4.69, 9.17) is 0 Å². The maximum Gasteiger partial charge on any atom is 0.433 e. The molecule has 2 rings (SSSR count). The van der Waals surface area contributed by atoms with Crippen LogP contribution in [-0.4, -0.2) is 46.8 Å². The Kier molecular flexibility index (Phi) is 6.13. The molecule has 2 unspecified atom stereocenters. The van der Waals surface area contributed by atoms with Crippen molar-refractivity contribution in [1.82, 2.24) is 20.0 Å². The predicted molar refractivity (Wildman–Crippen MR) is 89.3 cm³/mol. The lowest BCUT2D eigenvalue weighted by molar-refractivity contribution is -0.145. The minimum absolute atomic E-state index is 0.322. The molecule has 0 bridgehead atoms. The van der Waals surface area contributed by atoms with Gasteiger partial charge in [0.1, 0.15) is 0 Å². The van der Waals surface area contributed by atoms with Gasteiger partial charge < -0.3 is 10.2 Å². The first kappa shape index (κ1) is 19.8. The fraction of sp³-hybridized carbons (Fsp3) is 0.765. The van der Waals surface area contributed by atoms with E-state index in [1.54, 1.807) is 13.8 Å². The average Bonchev–Trinajstić information content (AvgIpc) is 2.91. The molecule has 142 valence electrons. The number of aromatic nitrogens is 2. The number of nitrogens with one attached hydrogen (secondary N) is 1. The van der Waals surface area contributed by atoms with E-state index in [9.17, 15) is 18.0 Å². The highest BCUT2D eigenvalue weighted by Gasteiger charge is 2.40. The van der Waals surface area contributed by atoms with Crippen molar-refractivity contribution in [1.29, 1.82) is 0 Å². The van der Waals surface area contributed by atoms with Gasteiger partial charge in [0.25, 0.3) is 5.91 Å². The van der Waals surface area contributed by atoms with Crippen molar-refractivity contribution in [3.05, 3.63) is 17.5 Å². The van der Waals surface area contributed by atoms with Crippen molar-refractivity contribution in [2.24, 2.45) is 11.8 Å². The lowest BCUT2D eigenvalue weighted by atomic mass is 9.92. The quantitative estimate of drug-likeness (QED) is 0.877. The van der Waals surface area contributed by atoms with Gasteiger partial charge in [-0.05, 0) is 32.1 Å². The van der Waals surface area contributed by atoms with Crippen molar-refractivity contribution < 1.29 is 18.0 Å². The Labute approximate surface area is 146 Å². The lowest BCUT2D eigenvalue weighted by Crippen LogP contribution is -2.43. The number of piperidine rings is 1. The third-order valence-corrected chi connectivity index (χ3v) is 4.46. The molecule has 1 saturated heterocycles. The standard InChI is InChI=1S/C17H27F3N4O/c1-11(2)24-15(17(18,19)20)14(8-22-24)16(25)21-5-6-23-9-12(3)7-13(4)10-23/h8,11-13H,5-7,9-10H2,1-4H3,(H,21,25). The summed E-state index contributed by atoms with van der Waals surface area (Å²) < 4.78 is 40.8. The predicted octanol–water partition coefficient (Wildman–Crippen LogP) is 3.19. The summed E-state index contributed by atoms with van der Waals surface area (Å²) in [5.74, 6) is 0.471. The number of nitrogens with zero attached hydrogens (tertiary/aromatic N) is 3. The van der Waals surface area contributed by atoms with E-state index in [-0.39, 0.29) is 0 Å². The molecule has 2 atom stereocenters. The first-order valence-corrected chi connectivity index (χ1v) is 8.74. The van der Waals surface area contributed by atoms with E-state index >= 15 is 0 Å². The zero-order valence-electron chi connectivity index (χ0n) is 15.2. The summed E-state index contributed by atoms with van der Waals surface area (Å²) in [4.78, 5) is 14.5. The Morgan fingerprint density at radius 3 is 2.44 bits per heavy atom. The van der Waals surface area contributed by atoms with Crippen molar-refractivity contribution >= 4 is 5.91 Å². The van der Waals surface area contributed by atoms with Crippen LogP contribution in [0.2, 0.25) is 0 Å². The van der Waals surface area contributed by atoms with Crippen LogP contribution in [0, 0.1) is 11.8 Å². The van der Waals surface area contributed by atoms with E-state index in [1.807, 2.05) is 0 Å². The second-order valence-corrected chi connectivity index (χ2v) is 7.40. The van der Waals surface area contributed by atoms with Crippen molar-refractivity contribution in [3.63, 3.8) is 0 Å². The molecular weight excluding hydrogens is 333 g/mol. The largest absolute Gasteiger partial charge is 0.433 e. The van der Waals surface area contributed by atoms with Crippen LogP contribution >= 0.6 is 0 Å². The normalized spacial score (nSPS) is 22.4. The number of hydrogen-bond donors (Lipinski definition) is 1. The van der Waals surface area contributed by atoms with Crippen LogP contribution in [0.25, 0.3) is 0 Å². The van der Waals surface area contributed by atoms with Gasteiger partial charge in [-0.2, -0.15) is 18.3 Å². The Bertz CT molecular complexity index is 587. The minimum atomic E-state index is -4.62. The summed E-state index contributed by atoms with van der Waals surface area (Å²) in [5, 5.41) is 6.35. The monoisotopic (exact) mass is 360 g/mol. The van der Waals surface area contributed by atoms with Crippen LogP contribution in [0.15, 0.2) is 6.20 Å². The summed E-state index contributed by atoms with van der Waals surface area (Å²) in [6, 6.07) is -0.477. The molecule has 0 spiro atoms. The highest BCUT2D eigenvalue weighted by Crippen LogP contribution is 2.33. The molecular formula is C17H27F3N4O. The van der Waals surface area contributed by atoms with Crippen LogP contribution in [0.5, 0.6) is 0 Å². The molecule has 25 heavy (non-hydrogen) atoms. The Balaban J connectivity index is 1.99. The number of likely N-dealkylation sites (tertiary alicyclic amines) is 1. The molecule has 8 heteroatoms. The van der Waals surface area contributed by atoms with Crippen molar-refractivity contribution in [2.45, 2.75) is 46.3 Å². The zero-order valence-corrected chi connectivity index (χ0v) is 15.2. The van der Waals surface area contributed by atoms with Crippen molar-refractivity contribution in [3.8, 4) is 0 Å².